The molecule has 0 amide bonds. The van der Waals surface area contributed by atoms with Gasteiger partial charge in [-0.2, -0.15) is 0 Å². The fourth-order valence-electron chi connectivity index (χ4n) is 2.45. The van der Waals surface area contributed by atoms with Crippen LogP contribution in [0.1, 0.15) is 32.3 Å². The lowest BCUT2D eigenvalue weighted by molar-refractivity contribution is -0.0241. The van der Waals surface area contributed by atoms with Crippen LogP contribution in [0.3, 0.4) is 0 Å². The highest BCUT2D eigenvalue weighted by molar-refractivity contribution is 5.09. The van der Waals surface area contributed by atoms with E-state index >= 15 is 0 Å². The fraction of sp³-hybridized carbons (Fsp3) is 0.667. The van der Waals surface area contributed by atoms with Crippen molar-refractivity contribution in [3.63, 3.8) is 0 Å². The van der Waals surface area contributed by atoms with E-state index < -0.39 is 0 Å². The van der Waals surface area contributed by atoms with Gasteiger partial charge in [0.2, 0.25) is 0 Å². The molecule has 1 aromatic rings. The third-order valence-electron chi connectivity index (χ3n) is 3.65. The Morgan fingerprint density at radius 1 is 1.39 bits per heavy atom. The molecule has 0 radical (unpaired) electrons. The zero-order valence-corrected chi connectivity index (χ0v) is 11.4. The lowest BCUT2D eigenvalue weighted by Crippen LogP contribution is -2.41. The van der Waals surface area contributed by atoms with Crippen molar-refractivity contribution in [3.8, 4) is 0 Å². The summed E-state index contributed by atoms with van der Waals surface area (Å²) in [7, 11) is 0. The number of hydrogen-bond donors (Lipinski definition) is 1. The minimum absolute atomic E-state index is 0.428. The summed E-state index contributed by atoms with van der Waals surface area (Å²) in [6, 6.07) is 4.79. The Bertz CT molecular complexity index is 340. The Morgan fingerprint density at radius 2 is 2.17 bits per heavy atom. The molecule has 0 aromatic carbocycles. The van der Waals surface area contributed by atoms with Gasteiger partial charge < -0.3 is 10.1 Å². The third kappa shape index (κ3) is 4.07. The summed E-state index contributed by atoms with van der Waals surface area (Å²) in [5, 5.41) is 3.65. The average Bonchev–Trinajstić information content (AvgIpc) is 2.40. The van der Waals surface area contributed by atoms with Crippen molar-refractivity contribution in [1.82, 2.24) is 10.3 Å². The summed E-state index contributed by atoms with van der Waals surface area (Å²) in [6.07, 6.45) is 7.51. The molecular formula is C15H24N2O. The molecule has 18 heavy (non-hydrogen) atoms. The van der Waals surface area contributed by atoms with Crippen LogP contribution in [0.15, 0.2) is 24.5 Å². The van der Waals surface area contributed by atoms with Crippen molar-refractivity contribution in [1.29, 1.82) is 0 Å². The molecule has 1 aliphatic heterocycles. The van der Waals surface area contributed by atoms with Gasteiger partial charge in [0, 0.05) is 25.0 Å². The maximum atomic E-state index is 5.79. The predicted molar refractivity (Wildman–Crippen MR) is 73.5 cm³/mol. The first-order valence-electron chi connectivity index (χ1n) is 6.99. The van der Waals surface area contributed by atoms with Gasteiger partial charge in [-0.05, 0) is 49.4 Å². The molecule has 0 aliphatic carbocycles. The van der Waals surface area contributed by atoms with E-state index in [1.807, 2.05) is 12.4 Å². The van der Waals surface area contributed by atoms with Gasteiger partial charge in [-0.15, -0.1) is 0 Å². The average molecular weight is 248 g/mol. The van der Waals surface area contributed by atoms with Gasteiger partial charge in [0.05, 0.1) is 6.10 Å². The summed E-state index contributed by atoms with van der Waals surface area (Å²) in [6.45, 7) is 6.42. The second-order valence-corrected chi connectivity index (χ2v) is 5.43. The van der Waals surface area contributed by atoms with Gasteiger partial charge in [0.1, 0.15) is 0 Å². The molecule has 0 spiro atoms. The first-order valence-corrected chi connectivity index (χ1v) is 6.99. The Hall–Kier alpha value is -0.930. The quantitative estimate of drug-likeness (QED) is 0.869. The number of nitrogens with zero attached hydrogens (tertiary/aromatic N) is 1. The van der Waals surface area contributed by atoms with Gasteiger partial charge >= 0.3 is 0 Å². The van der Waals surface area contributed by atoms with Gasteiger partial charge in [-0.25, -0.2) is 0 Å². The van der Waals surface area contributed by atoms with E-state index in [4.69, 9.17) is 4.74 Å². The van der Waals surface area contributed by atoms with E-state index in [2.05, 4.69) is 36.3 Å². The molecule has 1 N–H and O–H groups in total. The molecule has 1 aromatic heterocycles. The second-order valence-electron chi connectivity index (χ2n) is 5.43. The molecule has 3 nitrogen and oxygen atoms in total. The lowest BCUT2D eigenvalue weighted by atomic mass is 9.95. The number of hydrogen-bond acceptors (Lipinski definition) is 3. The Kier molecular flexibility index (Phi) is 5.14. The van der Waals surface area contributed by atoms with E-state index in [9.17, 15) is 0 Å². The van der Waals surface area contributed by atoms with Crippen molar-refractivity contribution in [3.05, 3.63) is 30.1 Å². The summed E-state index contributed by atoms with van der Waals surface area (Å²) in [4.78, 5) is 4.04. The summed E-state index contributed by atoms with van der Waals surface area (Å²) in [5.41, 5.74) is 1.35. The molecule has 2 atom stereocenters. The van der Waals surface area contributed by atoms with E-state index in [0.29, 0.717) is 18.1 Å². The van der Waals surface area contributed by atoms with Crippen molar-refractivity contribution < 1.29 is 4.74 Å². The van der Waals surface area contributed by atoms with Crippen molar-refractivity contribution in [2.75, 3.05) is 13.2 Å². The highest BCUT2D eigenvalue weighted by Gasteiger charge is 2.24. The van der Waals surface area contributed by atoms with Gasteiger partial charge in [0.15, 0.2) is 0 Å². The third-order valence-corrected chi connectivity index (χ3v) is 3.65. The number of aromatic nitrogens is 1. The summed E-state index contributed by atoms with van der Waals surface area (Å²) < 4.78 is 5.79. The van der Waals surface area contributed by atoms with E-state index in [0.717, 1.165) is 32.4 Å². The van der Waals surface area contributed by atoms with E-state index in [1.165, 1.54) is 5.56 Å². The van der Waals surface area contributed by atoms with Crippen LogP contribution in [0.2, 0.25) is 0 Å². The highest BCUT2D eigenvalue weighted by Crippen LogP contribution is 2.20. The maximum Gasteiger partial charge on any atom is 0.0612 e. The van der Waals surface area contributed by atoms with Crippen LogP contribution in [-0.2, 0) is 11.2 Å². The normalized spacial score (nSPS) is 24.4. The minimum atomic E-state index is 0.428. The van der Waals surface area contributed by atoms with Crippen LogP contribution in [0, 0.1) is 5.92 Å². The van der Waals surface area contributed by atoms with Crippen molar-refractivity contribution >= 4 is 0 Å². The SMILES string of the molecule is CC(C)C1CC(NCCc2ccncc2)CCO1. The Morgan fingerprint density at radius 3 is 2.89 bits per heavy atom. The molecular weight excluding hydrogens is 224 g/mol. The predicted octanol–water partition coefficient (Wildman–Crippen LogP) is 2.42. The summed E-state index contributed by atoms with van der Waals surface area (Å²) >= 11 is 0. The number of pyridine rings is 1. The largest absolute Gasteiger partial charge is 0.378 e. The standard InChI is InChI=1S/C15H24N2O/c1-12(2)15-11-14(6-10-18-15)17-9-5-13-3-7-16-8-4-13/h3-4,7-8,12,14-15,17H,5-6,9-11H2,1-2H3. The minimum Gasteiger partial charge on any atom is -0.378 e. The van der Waals surface area contributed by atoms with Crippen molar-refractivity contribution in [2.45, 2.75) is 45.3 Å². The molecule has 0 saturated carbocycles. The molecule has 1 saturated heterocycles. The van der Waals surface area contributed by atoms with Crippen LogP contribution in [0.5, 0.6) is 0 Å². The first kappa shape index (κ1) is 13.5. The highest BCUT2D eigenvalue weighted by atomic mass is 16.5. The first-order chi connectivity index (χ1) is 8.75. The van der Waals surface area contributed by atoms with Crippen LogP contribution >= 0.6 is 0 Å². The van der Waals surface area contributed by atoms with E-state index in [1.54, 1.807) is 0 Å². The monoisotopic (exact) mass is 248 g/mol. The molecule has 0 bridgehead atoms. The molecule has 2 unspecified atom stereocenters. The number of ether oxygens (including phenoxy) is 1. The van der Waals surface area contributed by atoms with Gasteiger partial charge in [-0.1, -0.05) is 13.8 Å². The van der Waals surface area contributed by atoms with Crippen LogP contribution in [0.25, 0.3) is 0 Å². The van der Waals surface area contributed by atoms with Gasteiger partial charge in [0.25, 0.3) is 0 Å². The molecule has 100 valence electrons. The van der Waals surface area contributed by atoms with E-state index in [-0.39, 0.29) is 0 Å². The zero-order valence-electron chi connectivity index (χ0n) is 11.4. The smallest absolute Gasteiger partial charge is 0.0612 e. The van der Waals surface area contributed by atoms with Crippen LogP contribution in [-0.4, -0.2) is 30.3 Å². The van der Waals surface area contributed by atoms with Crippen molar-refractivity contribution in [2.24, 2.45) is 5.92 Å². The Balaban J connectivity index is 1.70. The number of nitrogens with one attached hydrogen (secondary N) is 1. The van der Waals surface area contributed by atoms with Gasteiger partial charge in [-0.3, -0.25) is 4.98 Å². The van der Waals surface area contributed by atoms with Crippen LogP contribution < -0.4 is 5.32 Å². The lowest BCUT2D eigenvalue weighted by Gasteiger charge is -2.32. The number of rotatable bonds is 5. The van der Waals surface area contributed by atoms with Crippen LogP contribution in [0.4, 0.5) is 0 Å². The summed E-state index contributed by atoms with van der Waals surface area (Å²) in [5.74, 6) is 0.620. The fourth-order valence-corrected chi connectivity index (χ4v) is 2.45. The molecule has 1 aliphatic rings. The maximum absolute atomic E-state index is 5.79. The molecule has 3 heteroatoms. The Labute approximate surface area is 110 Å². The second kappa shape index (κ2) is 6.86. The zero-order chi connectivity index (χ0) is 12.8. The molecule has 2 rings (SSSR count). The topological polar surface area (TPSA) is 34.2 Å². The molecule has 1 fully saturated rings. The molecule has 2 heterocycles.